The van der Waals surface area contributed by atoms with Gasteiger partial charge in [0.05, 0.1) is 4.90 Å². The number of nitrogens with one attached hydrogen (secondary N) is 1. The van der Waals surface area contributed by atoms with E-state index in [1.807, 2.05) is 66.7 Å². The molecule has 0 heterocycles. The van der Waals surface area contributed by atoms with E-state index in [1.54, 1.807) is 48.5 Å². The molecule has 0 aliphatic carbocycles. The molecule has 4 nitrogen and oxygen atoms in total. The maximum absolute atomic E-state index is 13.2. The fourth-order valence-electron chi connectivity index (χ4n) is 3.70. The van der Waals surface area contributed by atoms with Crippen LogP contribution in [0, 0.1) is 0 Å². The van der Waals surface area contributed by atoms with Gasteiger partial charge in [0.2, 0.25) is 0 Å². The maximum atomic E-state index is 13.2. The number of hydrogen-bond donors (Lipinski definition) is 2. The van der Waals surface area contributed by atoms with E-state index in [1.165, 1.54) is 0 Å². The molecule has 0 fully saturated rings. The maximum Gasteiger partial charge on any atom is 0.262 e. The van der Waals surface area contributed by atoms with Crippen LogP contribution in [0.3, 0.4) is 0 Å². The average molecular weight is 430 g/mol. The van der Waals surface area contributed by atoms with Gasteiger partial charge >= 0.3 is 0 Å². The zero-order chi connectivity index (χ0) is 21.7. The molecule has 4 aromatic carbocycles. The van der Waals surface area contributed by atoms with Crippen LogP contribution in [0.4, 0.5) is 5.69 Å². The molecule has 4 rings (SSSR count). The second kappa shape index (κ2) is 8.76. The Labute approximate surface area is 182 Å². The molecule has 0 unspecified atom stereocenters. The standard InChI is InChI=1S/C26H23NO3S/c28-26(22-13-4-1-5-14-22,23-15-6-2-7-16-23)20-21-12-10-11-19-25(21)31(29,30)27-24-17-8-3-9-18-24/h1-19,27-28H,20H2. The molecule has 156 valence electrons. The lowest BCUT2D eigenvalue weighted by Gasteiger charge is -2.30. The van der Waals surface area contributed by atoms with Crippen LogP contribution in [0.2, 0.25) is 0 Å². The predicted octanol–water partition coefficient (Wildman–Crippen LogP) is 4.97. The van der Waals surface area contributed by atoms with Crippen molar-refractivity contribution in [3.8, 4) is 0 Å². The van der Waals surface area contributed by atoms with Crippen molar-refractivity contribution < 1.29 is 13.5 Å². The first-order valence-corrected chi connectivity index (χ1v) is 11.5. The van der Waals surface area contributed by atoms with Gasteiger partial charge in [0.1, 0.15) is 5.60 Å². The monoisotopic (exact) mass is 429 g/mol. The van der Waals surface area contributed by atoms with E-state index in [9.17, 15) is 13.5 Å². The molecular formula is C26H23NO3S. The summed E-state index contributed by atoms with van der Waals surface area (Å²) in [6, 6.07) is 34.2. The molecule has 0 radical (unpaired) electrons. The van der Waals surface area contributed by atoms with Gasteiger partial charge in [-0.3, -0.25) is 4.72 Å². The molecule has 31 heavy (non-hydrogen) atoms. The zero-order valence-electron chi connectivity index (χ0n) is 16.8. The average Bonchev–Trinajstić information content (AvgIpc) is 2.81. The van der Waals surface area contributed by atoms with Crippen LogP contribution in [0.25, 0.3) is 0 Å². The topological polar surface area (TPSA) is 66.4 Å². The number of sulfonamides is 1. The Morgan fingerprint density at radius 2 is 1.10 bits per heavy atom. The van der Waals surface area contributed by atoms with Gasteiger partial charge in [0.25, 0.3) is 10.0 Å². The first-order valence-electron chi connectivity index (χ1n) is 9.98. The minimum atomic E-state index is -3.84. The van der Waals surface area contributed by atoms with Crippen molar-refractivity contribution in [3.05, 3.63) is 132 Å². The highest BCUT2D eigenvalue weighted by atomic mass is 32.2. The Hall–Kier alpha value is -3.41. The second-order valence-corrected chi connectivity index (χ2v) is 9.00. The molecule has 0 aliphatic heterocycles. The molecule has 4 aromatic rings. The normalized spacial score (nSPS) is 11.8. The van der Waals surface area contributed by atoms with Crippen molar-refractivity contribution in [3.63, 3.8) is 0 Å². The third-order valence-corrected chi connectivity index (χ3v) is 6.72. The highest BCUT2D eigenvalue weighted by molar-refractivity contribution is 7.92. The molecule has 0 saturated carbocycles. The van der Waals surface area contributed by atoms with Crippen molar-refractivity contribution in [2.24, 2.45) is 0 Å². The molecule has 0 atom stereocenters. The Morgan fingerprint density at radius 1 is 0.645 bits per heavy atom. The minimum Gasteiger partial charge on any atom is -0.380 e. The molecule has 0 bridgehead atoms. The minimum absolute atomic E-state index is 0.104. The summed E-state index contributed by atoms with van der Waals surface area (Å²) in [7, 11) is -3.84. The number of hydrogen-bond acceptors (Lipinski definition) is 3. The van der Waals surface area contributed by atoms with Crippen LogP contribution in [0.5, 0.6) is 0 Å². The predicted molar refractivity (Wildman–Crippen MR) is 123 cm³/mol. The van der Waals surface area contributed by atoms with Crippen LogP contribution >= 0.6 is 0 Å². The molecular weight excluding hydrogens is 406 g/mol. The van der Waals surface area contributed by atoms with Crippen molar-refractivity contribution in [2.75, 3.05) is 4.72 Å². The Balaban J connectivity index is 1.78. The molecule has 5 heteroatoms. The number of benzene rings is 4. The quantitative estimate of drug-likeness (QED) is 0.436. The fraction of sp³-hybridized carbons (Fsp3) is 0.0769. The van der Waals surface area contributed by atoms with Crippen molar-refractivity contribution >= 4 is 15.7 Å². The fourth-order valence-corrected chi connectivity index (χ4v) is 5.00. The summed E-state index contributed by atoms with van der Waals surface area (Å²) in [5, 5.41) is 11.9. The van der Waals surface area contributed by atoms with E-state index in [0.717, 1.165) is 0 Å². The lowest BCUT2D eigenvalue weighted by Crippen LogP contribution is -2.31. The summed E-state index contributed by atoms with van der Waals surface area (Å²) in [6.45, 7) is 0. The summed E-state index contributed by atoms with van der Waals surface area (Å²) >= 11 is 0. The summed E-state index contributed by atoms with van der Waals surface area (Å²) in [4.78, 5) is 0.143. The SMILES string of the molecule is O=S(=O)(Nc1ccccc1)c1ccccc1CC(O)(c1ccccc1)c1ccccc1. The zero-order valence-corrected chi connectivity index (χ0v) is 17.7. The van der Waals surface area contributed by atoms with Gasteiger partial charge in [-0.15, -0.1) is 0 Å². The Bertz CT molecular complexity index is 1200. The first-order chi connectivity index (χ1) is 15.0. The molecule has 0 amide bonds. The van der Waals surface area contributed by atoms with Gasteiger partial charge in [-0.1, -0.05) is 97.1 Å². The number of rotatable bonds is 7. The lowest BCUT2D eigenvalue weighted by atomic mass is 9.81. The van der Waals surface area contributed by atoms with Gasteiger partial charge in [0.15, 0.2) is 0 Å². The van der Waals surface area contributed by atoms with Gasteiger partial charge < -0.3 is 5.11 Å². The summed E-state index contributed by atoms with van der Waals surface area (Å²) < 4.78 is 29.0. The molecule has 0 spiro atoms. The largest absolute Gasteiger partial charge is 0.380 e. The van der Waals surface area contributed by atoms with Gasteiger partial charge in [-0.05, 0) is 34.9 Å². The van der Waals surface area contributed by atoms with Crippen LogP contribution in [0.15, 0.2) is 120 Å². The van der Waals surface area contributed by atoms with Crippen LogP contribution < -0.4 is 4.72 Å². The Kier molecular flexibility index (Phi) is 5.89. The lowest BCUT2D eigenvalue weighted by molar-refractivity contribution is 0.0804. The van der Waals surface area contributed by atoms with Crippen molar-refractivity contribution in [1.82, 2.24) is 0 Å². The molecule has 0 aliphatic rings. The van der Waals surface area contributed by atoms with E-state index in [-0.39, 0.29) is 11.3 Å². The van der Waals surface area contributed by atoms with Crippen LogP contribution in [0.1, 0.15) is 16.7 Å². The number of para-hydroxylation sites is 1. The van der Waals surface area contributed by atoms with Gasteiger partial charge in [0, 0.05) is 12.1 Å². The third-order valence-electron chi connectivity index (χ3n) is 5.24. The summed E-state index contributed by atoms with van der Waals surface area (Å²) in [6.07, 6.45) is 0.104. The highest BCUT2D eigenvalue weighted by Gasteiger charge is 2.33. The van der Waals surface area contributed by atoms with Crippen LogP contribution in [-0.4, -0.2) is 13.5 Å². The smallest absolute Gasteiger partial charge is 0.262 e. The molecule has 0 saturated heterocycles. The third kappa shape index (κ3) is 4.53. The summed E-state index contributed by atoms with van der Waals surface area (Å²) in [5.74, 6) is 0. The van der Waals surface area contributed by atoms with Gasteiger partial charge in [-0.25, -0.2) is 8.42 Å². The highest BCUT2D eigenvalue weighted by Crippen LogP contribution is 2.35. The van der Waals surface area contributed by atoms with Crippen molar-refractivity contribution in [2.45, 2.75) is 16.9 Å². The Morgan fingerprint density at radius 3 is 1.65 bits per heavy atom. The van der Waals surface area contributed by atoms with E-state index >= 15 is 0 Å². The van der Waals surface area contributed by atoms with E-state index in [0.29, 0.717) is 22.4 Å². The molecule has 0 aromatic heterocycles. The summed E-state index contributed by atoms with van der Waals surface area (Å²) in [5.41, 5.74) is 1.02. The second-order valence-electron chi connectivity index (χ2n) is 7.35. The van der Waals surface area contributed by atoms with Crippen molar-refractivity contribution in [1.29, 1.82) is 0 Å². The van der Waals surface area contributed by atoms with E-state index in [2.05, 4.69) is 4.72 Å². The van der Waals surface area contributed by atoms with E-state index in [4.69, 9.17) is 0 Å². The molecule has 2 N–H and O–H groups in total. The van der Waals surface area contributed by atoms with Crippen LogP contribution in [-0.2, 0) is 22.0 Å². The first kappa shape index (κ1) is 20.8. The van der Waals surface area contributed by atoms with Gasteiger partial charge in [-0.2, -0.15) is 0 Å². The van der Waals surface area contributed by atoms with E-state index < -0.39 is 15.6 Å². The number of aliphatic hydroxyl groups is 1. The number of anilines is 1.